The SMILES string of the molecule is COc1ccc(C(NS(=O)(=O)C2=Cc3ccccc3CC2)C(C)C)cc1. The van der Waals surface area contributed by atoms with Crippen LogP contribution in [0.25, 0.3) is 6.08 Å². The van der Waals surface area contributed by atoms with Gasteiger partial charge in [-0.25, -0.2) is 13.1 Å². The number of rotatable bonds is 6. The lowest BCUT2D eigenvalue weighted by Crippen LogP contribution is -2.33. The molecule has 0 fully saturated rings. The van der Waals surface area contributed by atoms with Gasteiger partial charge in [0.1, 0.15) is 5.75 Å². The van der Waals surface area contributed by atoms with Gasteiger partial charge >= 0.3 is 0 Å². The third-order valence-corrected chi connectivity index (χ3v) is 6.36. The largest absolute Gasteiger partial charge is 0.497 e. The topological polar surface area (TPSA) is 55.4 Å². The molecule has 0 spiro atoms. The zero-order valence-corrected chi connectivity index (χ0v) is 16.2. The summed E-state index contributed by atoms with van der Waals surface area (Å²) in [7, 11) is -1.94. The Morgan fingerprint density at radius 1 is 1.00 bits per heavy atom. The second kappa shape index (κ2) is 7.64. The smallest absolute Gasteiger partial charge is 0.237 e. The minimum Gasteiger partial charge on any atom is -0.497 e. The highest BCUT2D eigenvalue weighted by Crippen LogP contribution is 2.30. The van der Waals surface area contributed by atoms with E-state index in [2.05, 4.69) is 10.8 Å². The highest BCUT2D eigenvalue weighted by atomic mass is 32.2. The third-order valence-electron chi connectivity index (χ3n) is 4.78. The highest BCUT2D eigenvalue weighted by molar-refractivity contribution is 7.93. The summed E-state index contributed by atoms with van der Waals surface area (Å²) in [5.74, 6) is 0.875. The first kappa shape index (κ1) is 18.7. The summed E-state index contributed by atoms with van der Waals surface area (Å²) in [5.41, 5.74) is 3.12. The van der Waals surface area contributed by atoms with E-state index in [-0.39, 0.29) is 12.0 Å². The fourth-order valence-corrected chi connectivity index (χ4v) is 4.81. The fourth-order valence-electron chi connectivity index (χ4n) is 3.26. The number of fused-ring (bicyclic) bond motifs is 1. The van der Waals surface area contributed by atoms with E-state index < -0.39 is 10.0 Å². The monoisotopic (exact) mass is 371 g/mol. The quantitative estimate of drug-likeness (QED) is 0.824. The Kier molecular flexibility index (Phi) is 5.49. The van der Waals surface area contributed by atoms with Crippen molar-refractivity contribution in [2.75, 3.05) is 7.11 Å². The molecule has 0 saturated carbocycles. The van der Waals surface area contributed by atoms with E-state index in [0.717, 1.165) is 23.3 Å². The lowest BCUT2D eigenvalue weighted by atomic mass is 9.97. The number of benzene rings is 2. The molecule has 1 N–H and O–H groups in total. The van der Waals surface area contributed by atoms with Crippen molar-refractivity contribution in [3.05, 3.63) is 70.1 Å². The average molecular weight is 372 g/mol. The molecule has 0 aromatic heterocycles. The molecule has 2 aromatic carbocycles. The molecule has 26 heavy (non-hydrogen) atoms. The van der Waals surface area contributed by atoms with E-state index in [9.17, 15) is 8.42 Å². The zero-order chi connectivity index (χ0) is 18.7. The second-order valence-electron chi connectivity index (χ2n) is 6.93. The van der Waals surface area contributed by atoms with Crippen LogP contribution in [0.4, 0.5) is 0 Å². The van der Waals surface area contributed by atoms with Gasteiger partial charge in [0.2, 0.25) is 10.0 Å². The maximum atomic E-state index is 13.0. The van der Waals surface area contributed by atoms with Crippen LogP contribution in [0.1, 0.15) is 43.0 Å². The van der Waals surface area contributed by atoms with Crippen LogP contribution in [0.5, 0.6) is 5.75 Å². The molecular formula is C21H25NO3S. The first-order valence-electron chi connectivity index (χ1n) is 8.85. The molecule has 1 aliphatic rings. The molecule has 0 saturated heterocycles. The Labute approximate surface area is 156 Å². The predicted octanol–water partition coefficient (Wildman–Crippen LogP) is 4.30. The summed E-state index contributed by atoms with van der Waals surface area (Å²) in [6.07, 6.45) is 3.07. The summed E-state index contributed by atoms with van der Waals surface area (Å²) in [5, 5.41) is 0. The van der Waals surface area contributed by atoms with Crippen molar-refractivity contribution in [3.63, 3.8) is 0 Å². The normalized spacial score (nSPS) is 15.3. The fraction of sp³-hybridized carbons (Fsp3) is 0.333. The molecule has 138 valence electrons. The Hall–Kier alpha value is -2.11. The van der Waals surface area contributed by atoms with Crippen molar-refractivity contribution >= 4 is 16.1 Å². The van der Waals surface area contributed by atoms with E-state index in [1.165, 1.54) is 5.56 Å². The lowest BCUT2D eigenvalue weighted by molar-refractivity contribution is 0.413. The standard InChI is InChI=1S/C21H25NO3S/c1-15(2)21(17-8-11-19(25-3)12-9-17)22-26(23,24)20-13-10-16-6-4-5-7-18(16)14-20/h4-9,11-12,14-15,21-22H,10,13H2,1-3H3. The second-order valence-corrected chi connectivity index (χ2v) is 8.69. The minimum absolute atomic E-state index is 0.120. The van der Waals surface area contributed by atoms with Crippen molar-refractivity contribution in [1.82, 2.24) is 4.72 Å². The first-order chi connectivity index (χ1) is 12.4. The zero-order valence-electron chi connectivity index (χ0n) is 15.4. The number of sulfonamides is 1. The molecule has 4 nitrogen and oxygen atoms in total. The van der Waals surface area contributed by atoms with Crippen LogP contribution in [0, 0.1) is 5.92 Å². The van der Waals surface area contributed by atoms with Crippen LogP contribution < -0.4 is 9.46 Å². The van der Waals surface area contributed by atoms with Gasteiger partial charge in [-0.05, 0) is 53.7 Å². The number of hydrogen-bond donors (Lipinski definition) is 1. The summed E-state index contributed by atoms with van der Waals surface area (Å²) in [6, 6.07) is 15.2. The summed E-state index contributed by atoms with van der Waals surface area (Å²) in [6.45, 7) is 4.03. The minimum atomic E-state index is -3.55. The Morgan fingerprint density at radius 3 is 2.35 bits per heavy atom. The summed E-state index contributed by atoms with van der Waals surface area (Å²) in [4.78, 5) is 0.454. The molecule has 1 aliphatic carbocycles. The Balaban J connectivity index is 1.87. The van der Waals surface area contributed by atoms with Crippen LogP contribution in [0.3, 0.4) is 0 Å². The van der Waals surface area contributed by atoms with E-state index in [4.69, 9.17) is 4.74 Å². The van der Waals surface area contributed by atoms with Gasteiger partial charge in [-0.15, -0.1) is 0 Å². The molecule has 0 amide bonds. The van der Waals surface area contributed by atoms with Crippen molar-refractivity contribution < 1.29 is 13.2 Å². The molecule has 0 aliphatic heterocycles. The number of allylic oxidation sites excluding steroid dienone is 1. The van der Waals surface area contributed by atoms with Gasteiger partial charge in [-0.3, -0.25) is 0 Å². The molecule has 5 heteroatoms. The third kappa shape index (κ3) is 4.00. The van der Waals surface area contributed by atoms with Crippen molar-refractivity contribution in [3.8, 4) is 5.75 Å². The molecule has 3 rings (SSSR count). The summed E-state index contributed by atoms with van der Waals surface area (Å²) >= 11 is 0. The van der Waals surface area contributed by atoms with Gasteiger partial charge in [0.05, 0.1) is 12.0 Å². The summed E-state index contributed by atoms with van der Waals surface area (Å²) < 4.78 is 34.1. The van der Waals surface area contributed by atoms with E-state index in [0.29, 0.717) is 11.3 Å². The molecule has 0 heterocycles. The van der Waals surface area contributed by atoms with Crippen LogP contribution >= 0.6 is 0 Å². The molecule has 2 aromatic rings. The Morgan fingerprint density at radius 2 is 1.69 bits per heavy atom. The molecule has 0 bridgehead atoms. The maximum Gasteiger partial charge on any atom is 0.237 e. The van der Waals surface area contributed by atoms with Gasteiger partial charge in [-0.1, -0.05) is 50.2 Å². The van der Waals surface area contributed by atoms with Crippen LogP contribution in [0.2, 0.25) is 0 Å². The van der Waals surface area contributed by atoms with Crippen LogP contribution in [-0.2, 0) is 16.4 Å². The molecule has 1 atom stereocenters. The van der Waals surface area contributed by atoms with Gasteiger partial charge < -0.3 is 4.74 Å². The Bertz CT molecular complexity index is 899. The van der Waals surface area contributed by atoms with E-state index in [1.54, 1.807) is 13.2 Å². The molecule has 1 unspecified atom stereocenters. The van der Waals surface area contributed by atoms with Gasteiger partial charge in [0.15, 0.2) is 0 Å². The van der Waals surface area contributed by atoms with Crippen molar-refractivity contribution in [1.29, 1.82) is 0 Å². The number of nitrogens with one attached hydrogen (secondary N) is 1. The van der Waals surface area contributed by atoms with Crippen LogP contribution in [-0.4, -0.2) is 15.5 Å². The molecular weight excluding hydrogens is 346 g/mol. The van der Waals surface area contributed by atoms with E-state index >= 15 is 0 Å². The van der Waals surface area contributed by atoms with Crippen LogP contribution in [0.15, 0.2) is 53.4 Å². The molecule has 0 radical (unpaired) electrons. The van der Waals surface area contributed by atoms with Crippen molar-refractivity contribution in [2.45, 2.75) is 32.7 Å². The number of methoxy groups -OCH3 is 1. The highest BCUT2D eigenvalue weighted by Gasteiger charge is 2.27. The number of hydrogen-bond acceptors (Lipinski definition) is 3. The lowest BCUT2D eigenvalue weighted by Gasteiger charge is -2.25. The maximum absolute atomic E-state index is 13.0. The van der Waals surface area contributed by atoms with Gasteiger partial charge in [0.25, 0.3) is 0 Å². The average Bonchev–Trinajstić information content (AvgIpc) is 2.65. The van der Waals surface area contributed by atoms with Gasteiger partial charge in [-0.2, -0.15) is 0 Å². The van der Waals surface area contributed by atoms with E-state index in [1.807, 2.05) is 56.3 Å². The number of aryl methyl sites for hydroxylation is 1. The predicted molar refractivity (Wildman–Crippen MR) is 105 cm³/mol. The number of ether oxygens (including phenoxy) is 1. The van der Waals surface area contributed by atoms with Gasteiger partial charge in [0, 0.05) is 6.04 Å². The van der Waals surface area contributed by atoms with Crippen molar-refractivity contribution in [2.24, 2.45) is 5.92 Å². The first-order valence-corrected chi connectivity index (χ1v) is 10.3.